The van der Waals surface area contributed by atoms with E-state index in [1.54, 1.807) is 0 Å². The van der Waals surface area contributed by atoms with Gasteiger partial charge in [-0.25, -0.2) is 0 Å². The lowest BCUT2D eigenvalue weighted by molar-refractivity contribution is -0.136. The number of carboxylic acids is 1. The fraction of sp³-hybridized carbons (Fsp3) is 0.154. The Morgan fingerprint density at radius 1 is 0.833 bits per heavy atom. The van der Waals surface area contributed by atoms with Gasteiger partial charge in [-0.1, -0.05) is 60.7 Å². The summed E-state index contributed by atoms with van der Waals surface area (Å²) in [6.45, 7) is 0.596. The van der Waals surface area contributed by atoms with Crippen LogP contribution in [0.25, 0.3) is 10.9 Å². The van der Waals surface area contributed by atoms with Gasteiger partial charge < -0.3 is 10.4 Å². The van der Waals surface area contributed by atoms with Gasteiger partial charge in [-0.3, -0.25) is 9.78 Å². The van der Waals surface area contributed by atoms with Gasteiger partial charge >= 0.3 is 5.97 Å². The van der Waals surface area contributed by atoms with Crippen molar-refractivity contribution in [1.29, 1.82) is 0 Å². The van der Waals surface area contributed by atoms with E-state index < -0.39 is 5.97 Å². The molecule has 4 heteroatoms. The molecule has 0 saturated heterocycles. The van der Waals surface area contributed by atoms with Gasteiger partial charge in [0.2, 0.25) is 0 Å². The van der Waals surface area contributed by atoms with E-state index in [4.69, 9.17) is 10.1 Å². The van der Waals surface area contributed by atoms with Crippen LogP contribution in [0, 0.1) is 0 Å². The van der Waals surface area contributed by atoms with Crippen LogP contribution in [-0.2, 0) is 30.6 Å². The minimum absolute atomic E-state index is 0.0383. The topological polar surface area (TPSA) is 62.2 Å². The number of para-hydroxylation sites is 1. The van der Waals surface area contributed by atoms with Gasteiger partial charge in [0.05, 0.1) is 11.9 Å². The van der Waals surface area contributed by atoms with Gasteiger partial charge in [0.15, 0.2) is 0 Å². The number of carboxylic acid groups (broad SMARTS) is 1. The highest BCUT2D eigenvalue weighted by Crippen LogP contribution is 2.17. The molecule has 0 bridgehead atoms. The zero-order chi connectivity index (χ0) is 20.8. The third-order valence-corrected chi connectivity index (χ3v) is 5.20. The van der Waals surface area contributed by atoms with Crippen molar-refractivity contribution in [2.45, 2.75) is 25.8 Å². The number of fused-ring (bicyclic) bond motifs is 1. The Balaban J connectivity index is 1.40. The quantitative estimate of drug-likeness (QED) is 0.426. The van der Waals surface area contributed by atoms with E-state index in [9.17, 15) is 4.79 Å². The maximum absolute atomic E-state index is 11.1. The average molecular weight is 396 g/mol. The first-order valence-electron chi connectivity index (χ1n) is 10.1. The van der Waals surface area contributed by atoms with E-state index in [0.29, 0.717) is 6.54 Å². The van der Waals surface area contributed by atoms with Crippen molar-refractivity contribution in [3.05, 3.63) is 107 Å². The molecule has 4 nitrogen and oxygen atoms in total. The number of aromatic nitrogens is 1. The largest absolute Gasteiger partial charge is 0.481 e. The molecule has 30 heavy (non-hydrogen) atoms. The molecule has 1 heterocycles. The van der Waals surface area contributed by atoms with Crippen LogP contribution in [0.2, 0.25) is 0 Å². The van der Waals surface area contributed by atoms with Gasteiger partial charge in [-0.15, -0.1) is 0 Å². The predicted molar refractivity (Wildman–Crippen MR) is 121 cm³/mol. The Morgan fingerprint density at radius 2 is 1.63 bits per heavy atom. The minimum Gasteiger partial charge on any atom is -0.481 e. The van der Waals surface area contributed by atoms with E-state index in [-0.39, 0.29) is 6.42 Å². The van der Waals surface area contributed by atoms with Crippen molar-refractivity contribution in [3.8, 4) is 0 Å². The standard InChI is InChI=1S/C26H24N2O2/c29-26(30)17-21-8-1-2-9-22(21)18-27-24-10-5-6-19(16-24)12-14-23-15-13-20-7-3-4-11-25(20)28-23/h1-11,13,15-16,27H,12,14,17-18H2,(H,29,30). The van der Waals surface area contributed by atoms with E-state index in [0.717, 1.165) is 46.3 Å². The van der Waals surface area contributed by atoms with Crippen LogP contribution in [-0.4, -0.2) is 16.1 Å². The maximum atomic E-state index is 11.1. The first-order chi connectivity index (χ1) is 14.7. The summed E-state index contributed by atoms with van der Waals surface area (Å²) in [4.78, 5) is 15.8. The summed E-state index contributed by atoms with van der Waals surface area (Å²) in [7, 11) is 0. The molecule has 4 rings (SSSR count). The van der Waals surface area contributed by atoms with Crippen LogP contribution in [0.4, 0.5) is 5.69 Å². The molecule has 0 aliphatic carbocycles. The fourth-order valence-corrected chi connectivity index (χ4v) is 3.62. The van der Waals surface area contributed by atoms with Crippen molar-refractivity contribution in [3.63, 3.8) is 0 Å². The number of anilines is 1. The molecule has 0 aliphatic rings. The summed E-state index contributed by atoms with van der Waals surface area (Å²) in [5.74, 6) is -0.813. The number of aryl methyl sites for hydroxylation is 2. The van der Waals surface area contributed by atoms with Crippen LogP contribution < -0.4 is 5.32 Å². The van der Waals surface area contributed by atoms with Crippen LogP contribution in [0.15, 0.2) is 84.9 Å². The van der Waals surface area contributed by atoms with Crippen molar-refractivity contribution in [2.75, 3.05) is 5.32 Å². The lowest BCUT2D eigenvalue weighted by Crippen LogP contribution is -2.07. The molecule has 0 radical (unpaired) electrons. The summed E-state index contributed by atoms with van der Waals surface area (Å²) in [6, 6.07) is 28.4. The summed E-state index contributed by atoms with van der Waals surface area (Å²) >= 11 is 0. The highest BCUT2D eigenvalue weighted by Gasteiger charge is 2.06. The Kier molecular flexibility index (Phi) is 6.04. The van der Waals surface area contributed by atoms with Gasteiger partial charge in [-0.2, -0.15) is 0 Å². The molecule has 1 aromatic heterocycles. The minimum atomic E-state index is -0.813. The molecule has 0 aliphatic heterocycles. The molecule has 0 spiro atoms. The van der Waals surface area contributed by atoms with E-state index in [1.165, 1.54) is 5.56 Å². The number of carbonyl (C=O) groups is 1. The zero-order valence-corrected chi connectivity index (χ0v) is 16.7. The lowest BCUT2D eigenvalue weighted by Gasteiger charge is -2.11. The molecule has 0 saturated carbocycles. The third-order valence-electron chi connectivity index (χ3n) is 5.20. The Hall–Kier alpha value is -3.66. The number of aliphatic carboxylic acids is 1. The number of benzene rings is 3. The first kappa shape index (κ1) is 19.6. The van der Waals surface area contributed by atoms with Crippen LogP contribution in [0.5, 0.6) is 0 Å². The molecular weight excluding hydrogens is 372 g/mol. The van der Waals surface area contributed by atoms with Crippen LogP contribution >= 0.6 is 0 Å². The Labute approximate surface area is 176 Å². The fourth-order valence-electron chi connectivity index (χ4n) is 3.62. The zero-order valence-electron chi connectivity index (χ0n) is 16.7. The molecular formula is C26H24N2O2. The number of hydrogen-bond donors (Lipinski definition) is 2. The van der Waals surface area contributed by atoms with E-state index >= 15 is 0 Å². The van der Waals surface area contributed by atoms with Gasteiger partial charge in [0, 0.05) is 23.3 Å². The highest BCUT2D eigenvalue weighted by atomic mass is 16.4. The highest BCUT2D eigenvalue weighted by molar-refractivity contribution is 5.78. The van der Waals surface area contributed by atoms with Crippen LogP contribution in [0.1, 0.15) is 22.4 Å². The third kappa shape index (κ3) is 5.03. The molecule has 2 N–H and O–H groups in total. The maximum Gasteiger partial charge on any atom is 0.307 e. The smallest absolute Gasteiger partial charge is 0.307 e. The van der Waals surface area contributed by atoms with Gasteiger partial charge in [-0.05, 0) is 53.8 Å². The van der Waals surface area contributed by atoms with Gasteiger partial charge in [0.1, 0.15) is 0 Å². The monoisotopic (exact) mass is 396 g/mol. The molecule has 0 unspecified atom stereocenters. The normalized spacial score (nSPS) is 10.8. The molecule has 3 aromatic carbocycles. The predicted octanol–water partition coefficient (Wildman–Crippen LogP) is 5.26. The number of nitrogens with one attached hydrogen (secondary N) is 1. The number of rotatable bonds is 8. The van der Waals surface area contributed by atoms with Gasteiger partial charge in [0.25, 0.3) is 0 Å². The number of hydrogen-bond acceptors (Lipinski definition) is 3. The van der Waals surface area contributed by atoms with Crippen molar-refractivity contribution >= 4 is 22.6 Å². The Morgan fingerprint density at radius 3 is 2.50 bits per heavy atom. The lowest BCUT2D eigenvalue weighted by atomic mass is 10.0. The SMILES string of the molecule is O=C(O)Cc1ccccc1CNc1cccc(CCc2ccc3ccccc3n2)c1. The first-order valence-corrected chi connectivity index (χ1v) is 10.1. The molecule has 150 valence electrons. The second-order valence-corrected chi connectivity index (χ2v) is 7.39. The van der Waals surface area contributed by atoms with E-state index in [2.05, 4.69) is 41.7 Å². The van der Waals surface area contributed by atoms with E-state index in [1.807, 2.05) is 48.5 Å². The second kappa shape index (κ2) is 9.23. The summed E-state index contributed by atoms with van der Waals surface area (Å²) in [5, 5.41) is 13.7. The van der Waals surface area contributed by atoms with Crippen molar-refractivity contribution in [1.82, 2.24) is 4.98 Å². The molecule has 0 fully saturated rings. The molecule has 0 amide bonds. The molecule has 4 aromatic rings. The summed E-state index contributed by atoms with van der Waals surface area (Å²) in [6.07, 6.45) is 1.84. The number of pyridine rings is 1. The van der Waals surface area contributed by atoms with Crippen LogP contribution in [0.3, 0.4) is 0 Å². The Bertz CT molecular complexity index is 1170. The summed E-state index contributed by atoms with van der Waals surface area (Å²) < 4.78 is 0. The number of nitrogens with zero attached hydrogens (tertiary/aromatic N) is 1. The summed E-state index contributed by atoms with van der Waals surface area (Å²) in [5.41, 5.74) is 6.25. The molecule has 0 atom stereocenters. The van der Waals surface area contributed by atoms with Crippen molar-refractivity contribution < 1.29 is 9.90 Å². The van der Waals surface area contributed by atoms with Crippen molar-refractivity contribution in [2.24, 2.45) is 0 Å². The second-order valence-electron chi connectivity index (χ2n) is 7.39. The average Bonchev–Trinajstić information content (AvgIpc) is 2.77.